The van der Waals surface area contributed by atoms with Crippen molar-refractivity contribution in [3.05, 3.63) is 34.1 Å². The summed E-state index contributed by atoms with van der Waals surface area (Å²) in [7, 11) is 0. The minimum absolute atomic E-state index is 0.0446. The fourth-order valence-electron chi connectivity index (χ4n) is 4.04. The van der Waals surface area contributed by atoms with Crippen molar-refractivity contribution in [2.45, 2.75) is 57.7 Å². The Morgan fingerprint density at radius 3 is 2.51 bits per heavy atom. The summed E-state index contributed by atoms with van der Waals surface area (Å²) in [4.78, 5) is 56.5. The van der Waals surface area contributed by atoms with Gasteiger partial charge in [-0.25, -0.2) is 8.78 Å². The molecule has 0 aliphatic carbocycles. The molecule has 3 amide bonds. The molecule has 1 fully saturated rings. The number of guanidine groups is 1. The molecule has 13 heteroatoms. The quantitative estimate of drug-likeness (QED) is 0.164. The number of nitrogens with two attached hydrogens (primary N) is 2. The van der Waals surface area contributed by atoms with Crippen LogP contribution in [-0.4, -0.2) is 72.3 Å². The molecule has 1 aromatic carbocycles. The maximum absolute atomic E-state index is 13.9. The summed E-state index contributed by atoms with van der Waals surface area (Å²) in [5.74, 6) is -3.54. The van der Waals surface area contributed by atoms with Gasteiger partial charge in [-0.3, -0.25) is 24.2 Å². The molecule has 37 heavy (non-hydrogen) atoms. The van der Waals surface area contributed by atoms with Gasteiger partial charge in [0.05, 0.1) is 10.5 Å². The first kappa shape index (κ1) is 30.1. The highest BCUT2D eigenvalue weighted by atomic mass is 79.9. The largest absolute Gasteiger partial charge is 0.370 e. The summed E-state index contributed by atoms with van der Waals surface area (Å²) in [6.07, 6.45) is 1.34. The standard InChI is InChI=1S/C24H33BrF2N6O4/c1-13(2)20(32-21(35)14-7-8-15(25)16(27)11-14)23(37)33-10-4-6-18(33)22(36)31-17(19(34)12-26)5-3-9-30-24(28)29/h7-8,11,13,17-18,20H,3-6,9-10,12H2,1-2H3,(H,31,36)(H,32,35)(H4,28,29,30)/t17-,18-,20-/m0/s1. The SMILES string of the molecule is CC(C)[C@H](NC(=O)c1ccc(Br)c(F)c1)C(=O)N1CCC[C@H]1C(=O)N[C@@H](CCCN=C(N)N)C(=O)CF. The smallest absolute Gasteiger partial charge is 0.252 e. The maximum Gasteiger partial charge on any atom is 0.252 e. The number of aliphatic imine (C=N–C) groups is 1. The van der Waals surface area contributed by atoms with Gasteiger partial charge in [-0.15, -0.1) is 0 Å². The summed E-state index contributed by atoms with van der Waals surface area (Å²) in [6.45, 7) is 2.71. The summed E-state index contributed by atoms with van der Waals surface area (Å²) in [6, 6.07) is 0.925. The first-order valence-electron chi connectivity index (χ1n) is 12.0. The first-order chi connectivity index (χ1) is 17.5. The highest BCUT2D eigenvalue weighted by Crippen LogP contribution is 2.22. The van der Waals surface area contributed by atoms with Crippen molar-refractivity contribution in [1.29, 1.82) is 0 Å². The first-order valence-corrected chi connectivity index (χ1v) is 12.8. The summed E-state index contributed by atoms with van der Waals surface area (Å²) >= 11 is 3.03. The van der Waals surface area contributed by atoms with E-state index >= 15 is 0 Å². The minimum Gasteiger partial charge on any atom is -0.370 e. The zero-order chi connectivity index (χ0) is 27.7. The van der Waals surface area contributed by atoms with E-state index in [1.54, 1.807) is 13.8 Å². The van der Waals surface area contributed by atoms with Gasteiger partial charge >= 0.3 is 0 Å². The number of carbonyl (C=O) groups excluding carboxylic acids is 4. The number of nitrogens with zero attached hydrogens (tertiary/aromatic N) is 2. The second-order valence-corrected chi connectivity index (χ2v) is 9.98. The van der Waals surface area contributed by atoms with Crippen molar-refractivity contribution >= 4 is 45.4 Å². The van der Waals surface area contributed by atoms with Gasteiger partial charge in [-0.05, 0) is 65.7 Å². The van der Waals surface area contributed by atoms with E-state index in [2.05, 4.69) is 31.6 Å². The van der Waals surface area contributed by atoms with Crippen molar-refractivity contribution in [2.24, 2.45) is 22.4 Å². The fraction of sp³-hybridized carbons (Fsp3) is 0.542. The third-order valence-corrected chi connectivity index (χ3v) is 6.66. The molecule has 0 unspecified atom stereocenters. The molecule has 3 atom stereocenters. The van der Waals surface area contributed by atoms with E-state index in [-0.39, 0.29) is 41.4 Å². The van der Waals surface area contributed by atoms with E-state index in [4.69, 9.17) is 11.5 Å². The number of rotatable bonds is 12. The number of Topliss-reactive ketones (excluding diaryl/α,β-unsaturated/α-hetero) is 1. The van der Waals surface area contributed by atoms with Crippen LogP contribution in [0, 0.1) is 11.7 Å². The molecule has 6 N–H and O–H groups in total. The topological polar surface area (TPSA) is 160 Å². The van der Waals surface area contributed by atoms with Gasteiger partial charge in [-0.1, -0.05) is 13.8 Å². The highest BCUT2D eigenvalue weighted by Gasteiger charge is 2.39. The number of likely N-dealkylation sites (tertiary alicyclic amines) is 1. The third kappa shape index (κ3) is 8.48. The number of ketones is 1. The van der Waals surface area contributed by atoms with E-state index in [0.29, 0.717) is 19.3 Å². The molecule has 1 heterocycles. The molecular formula is C24H33BrF2N6O4. The van der Waals surface area contributed by atoms with Crippen LogP contribution in [0.15, 0.2) is 27.7 Å². The number of alkyl halides is 1. The van der Waals surface area contributed by atoms with Gasteiger partial charge in [0.2, 0.25) is 11.8 Å². The number of amides is 3. The molecule has 0 aromatic heterocycles. The Labute approximate surface area is 222 Å². The lowest BCUT2D eigenvalue weighted by Gasteiger charge is -2.31. The number of halogens is 3. The summed E-state index contributed by atoms with van der Waals surface area (Å²) in [5.41, 5.74) is 10.6. The van der Waals surface area contributed by atoms with Crippen LogP contribution in [0.1, 0.15) is 49.9 Å². The lowest BCUT2D eigenvalue weighted by atomic mass is 10.0. The predicted molar refractivity (Wildman–Crippen MR) is 138 cm³/mol. The van der Waals surface area contributed by atoms with Crippen molar-refractivity contribution in [3.8, 4) is 0 Å². The zero-order valence-corrected chi connectivity index (χ0v) is 22.4. The molecule has 204 valence electrons. The van der Waals surface area contributed by atoms with Crippen LogP contribution in [0.2, 0.25) is 0 Å². The van der Waals surface area contributed by atoms with Crippen molar-refractivity contribution in [3.63, 3.8) is 0 Å². The van der Waals surface area contributed by atoms with E-state index < -0.39 is 54.1 Å². The summed E-state index contributed by atoms with van der Waals surface area (Å²) in [5, 5.41) is 5.21. The molecular weight excluding hydrogens is 554 g/mol. The molecule has 1 aliphatic rings. The summed E-state index contributed by atoms with van der Waals surface area (Å²) < 4.78 is 27.2. The van der Waals surface area contributed by atoms with Crippen LogP contribution in [0.4, 0.5) is 8.78 Å². The Hall–Kier alpha value is -3.09. The van der Waals surface area contributed by atoms with Crippen molar-refractivity contribution in [1.82, 2.24) is 15.5 Å². The molecule has 0 saturated carbocycles. The molecule has 2 rings (SSSR count). The molecule has 1 saturated heterocycles. The number of carbonyl (C=O) groups is 4. The number of hydrogen-bond acceptors (Lipinski definition) is 5. The number of nitrogens with one attached hydrogen (secondary N) is 2. The van der Waals surface area contributed by atoms with Crippen LogP contribution >= 0.6 is 15.9 Å². The second-order valence-electron chi connectivity index (χ2n) is 9.12. The Balaban J connectivity index is 2.12. The Kier molecular flexibility index (Phi) is 11.4. The van der Waals surface area contributed by atoms with Gasteiger partial charge in [0.25, 0.3) is 5.91 Å². The third-order valence-electron chi connectivity index (χ3n) is 6.02. The monoisotopic (exact) mass is 586 g/mol. The second kappa shape index (κ2) is 14.0. The van der Waals surface area contributed by atoms with E-state index in [0.717, 1.165) is 6.07 Å². The van der Waals surface area contributed by atoms with Crippen LogP contribution in [0.5, 0.6) is 0 Å². The molecule has 0 spiro atoms. The number of benzene rings is 1. The minimum atomic E-state index is -1.25. The van der Waals surface area contributed by atoms with E-state index in [9.17, 15) is 28.0 Å². The van der Waals surface area contributed by atoms with Gasteiger partial charge in [0.1, 0.15) is 24.6 Å². The van der Waals surface area contributed by atoms with Gasteiger partial charge < -0.3 is 27.0 Å². The van der Waals surface area contributed by atoms with Crippen LogP contribution < -0.4 is 22.1 Å². The van der Waals surface area contributed by atoms with E-state index in [1.165, 1.54) is 17.0 Å². The Bertz CT molecular complexity index is 1030. The van der Waals surface area contributed by atoms with Crippen LogP contribution in [0.3, 0.4) is 0 Å². The van der Waals surface area contributed by atoms with Crippen molar-refractivity contribution in [2.75, 3.05) is 19.8 Å². The zero-order valence-electron chi connectivity index (χ0n) is 20.8. The van der Waals surface area contributed by atoms with E-state index in [1.807, 2.05) is 0 Å². The predicted octanol–water partition coefficient (Wildman–Crippen LogP) is 1.41. The Morgan fingerprint density at radius 2 is 1.92 bits per heavy atom. The average Bonchev–Trinajstić information content (AvgIpc) is 3.34. The van der Waals surface area contributed by atoms with Crippen LogP contribution in [-0.2, 0) is 14.4 Å². The average molecular weight is 587 g/mol. The van der Waals surface area contributed by atoms with Crippen molar-refractivity contribution < 1.29 is 28.0 Å². The molecule has 1 aromatic rings. The molecule has 0 bridgehead atoms. The van der Waals surface area contributed by atoms with Gasteiger partial charge in [0, 0.05) is 18.7 Å². The fourth-order valence-corrected chi connectivity index (χ4v) is 4.28. The van der Waals surface area contributed by atoms with Gasteiger partial charge in [-0.2, -0.15) is 0 Å². The molecule has 10 nitrogen and oxygen atoms in total. The molecule has 1 aliphatic heterocycles. The highest BCUT2D eigenvalue weighted by molar-refractivity contribution is 9.10. The number of hydrogen-bond donors (Lipinski definition) is 4. The lowest BCUT2D eigenvalue weighted by molar-refractivity contribution is -0.141. The van der Waals surface area contributed by atoms with Crippen LogP contribution in [0.25, 0.3) is 0 Å². The maximum atomic E-state index is 13.9. The Morgan fingerprint density at radius 1 is 1.22 bits per heavy atom. The normalized spacial score (nSPS) is 16.7. The lowest BCUT2D eigenvalue weighted by Crippen LogP contribution is -2.56. The molecule has 0 radical (unpaired) electrons. The van der Waals surface area contributed by atoms with Gasteiger partial charge in [0.15, 0.2) is 11.7 Å².